The molecule has 0 aliphatic carbocycles. The molecule has 0 radical (unpaired) electrons. The first-order chi connectivity index (χ1) is 28.5. The first-order valence-electron chi connectivity index (χ1n) is 22.4. The van der Waals surface area contributed by atoms with Crippen LogP contribution in [0.3, 0.4) is 0 Å². The number of aliphatic hydroxyl groups excluding tert-OH is 1. The summed E-state index contributed by atoms with van der Waals surface area (Å²) in [4.78, 5) is 46.0. The average molecular weight is 854 g/mol. The minimum absolute atomic E-state index is 0.0676. The smallest absolute Gasteiger partial charge is 0.472 e. The van der Waals surface area contributed by atoms with E-state index in [0.717, 1.165) is 57.8 Å². The fourth-order valence-electron chi connectivity index (χ4n) is 5.77. The molecular weight excluding hydrogens is 773 g/mol. The van der Waals surface area contributed by atoms with Gasteiger partial charge in [-0.1, -0.05) is 145 Å². The summed E-state index contributed by atoms with van der Waals surface area (Å²) in [6.45, 7) is 2.53. The maximum Gasteiger partial charge on any atom is 0.472 e. The monoisotopic (exact) mass is 854 g/mol. The summed E-state index contributed by atoms with van der Waals surface area (Å²) in [7, 11) is -4.74. The molecule has 0 aromatic heterocycles. The number of carbonyl (C=O) groups excluding carboxylic acids is 2. The Hall–Kier alpha value is -2.86. The second-order valence-electron chi connectivity index (χ2n) is 15.0. The van der Waals surface area contributed by atoms with Gasteiger partial charge in [-0.25, -0.2) is 4.57 Å². The lowest BCUT2D eigenvalue weighted by atomic mass is 10.1. The van der Waals surface area contributed by atoms with Crippen LogP contribution >= 0.6 is 7.82 Å². The number of rotatable bonds is 41. The van der Waals surface area contributed by atoms with Crippen molar-refractivity contribution in [3.05, 3.63) is 60.8 Å². The molecule has 0 spiro atoms. The van der Waals surface area contributed by atoms with E-state index >= 15 is 0 Å². The highest BCUT2D eigenvalue weighted by molar-refractivity contribution is 7.47. The van der Waals surface area contributed by atoms with E-state index in [-0.39, 0.29) is 25.6 Å². The van der Waals surface area contributed by atoms with Crippen LogP contribution in [-0.4, -0.2) is 71.1 Å². The number of hydrogen-bond acceptors (Lipinski definition) is 10. The number of carbonyl (C=O) groups is 3. The lowest BCUT2D eigenvalue weighted by molar-refractivity contribution is -0.161. The number of phosphoric ester groups is 1. The fraction of sp³-hybridized carbons (Fsp3) is 0.717. The van der Waals surface area contributed by atoms with Gasteiger partial charge in [0, 0.05) is 12.8 Å². The summed E-state index contributed by atoms with van der Waals surface area (Å²) in [5.41, 5.74) is 5.33. The van der Waals surface area contributed by atoms with Crippen LogP contribution in [-0.2, 0) is 37.5 Å². The fourth-order valence-corrected chi connectivity index (χ4v) is 6.55. The molecule has 0 bridgehead atoms. The number of carboxylic acids is 1. The number of aliphatic carboxylic acids is 1. The van der Waals surface area contributed by atoms with Gasteiger partial charge in [0.2, 0.25) is 0 Å². The third kappa shape index (κ3) is 40.3. The largest absolute Gasteiger partial charge is 0.480 e. The van der Waals surface area contributed by atoms with Crippen molar-refractivity contribution in [3.63, 3.8) is 0 Å². The Morgan fingerprint density at radius 2 is 1.07 bits per heavy atom. The Morgan fingerprint density at radius 3 is 1.64 bits per heavy atom. The molecule has 0 aliphatic rings. The number of allylic oxidation sites excluding steroid dienone is 9. The van der Waals surface area contributed by atoms with E-state index < -0.39 is 51.1 Å². The highest BCUT2D eigenvalue weighted by atomic mass is 31.2. The van der Waals surface area contributed by atoms with Crippen molar-refractivity contribution in [2.45, 2.75) is 193 Å². The van der Waals surface area contributed by atoms with Crippen molar-refractivity contribution < 1.29 is 52.6 Å². The highest BCUT2D eigenvalue weighted by Crippen LogP contribution is 2.43. The van der Waals surface area contributed by atoms with Crippen LogP contribution in [0.25, 0.3) is 0 Å². The lowest BCUT2D eigenvalue weighted by Crippen LogP contribution is -2.34. The maximum atomic E-state index is 12.6. The Kier molecular flexibility index (Phi) is 38.6. The van der Waals surface area contributed by atoms with Crippen LogP contribution in [0.1, 0.15) is 174 Å². The number of esters is 2. The van der Waals surface area contributed by atoms with Crippen molar-refractivity contribution in [1.82, 2.24) is 0 Å². The van der Waals surface area contributed by atoms with E-state index in [1.54, 1.807) is 0 Å². The summed E-state index contributed by atoms with van der Waals surface area (Å²) in [6.07, 6.45) is 43.5. The van der Waals surface area contributed by atoms with Gasteiger partial charge in [-0.2, -0.15) is 0 Å². The summed E-state index contributed by atoms with van der Waals surface area (Å²) >= 11 is 0. The van der Waals surface area contributed by atoms with Crippen molar-refractivity contribution in [2.75, 3.05) is 19.8 Å². The van der Waals surface area contributed by atoms with E-state index in [2.05, 4.69) is 60.9 Å². The van der Waals surface area contributed by atoms with E-state index in [0.29, 0.717) is 25.7 Å². The third-order valence-electron chi connectivity index (χ3n) is 9.29. The third-order valence-corrected chi connectivity index (χ3v) is 10.2. The number of aliphatic hydroxyl groups is 1. The molecule has 0 rings (SSSR count). The molecule has 13 heteroatoms. The minimum atomic E-state index is -4.74. The van der Waals surface area contributed by atoms with Gasteiger partial charge >= 0.3 is 25.7 Å². The second kappa shape index (κ2) is 40.5. The van der Waals surface area contributed by atoms with Crippen LogP contribution < -0.4 is 5.73 Å². The van der Waals surface area contributed by atoms with E-state index in [1.165, 1.54) is 64.2 Å². The van der Waals surface area contributed by atoms with Gasteiger partial charge in [0.15, 0.2) is 6.10 Å². The van der Waals surface area contributed by atoms with Gasteiger partial charge in [0.05, 0.1) is 19.3 Å². The first-order valence-corrected chi connectivity index (χ1v) is 23.9. The van der Waals surface area contributed by atoms with Crippen molar-refractivity contribution in [2.24, 2.45) is 5.73 Å². The standard InChI is InChI=1S/C46H80NO11P/c1-3-5-6-7-8-9-10-11-12-13-14-17-20-23-26-29-32-36-44(49)55-38-42(39-56-59(53,54)57-40-43(47)46(51)52)58-45(50)37-33-30-27-24-21-18-15-16-19-22-25-28-31-35-41(48)34-4-2/h11-12,15,18-19,22,24,27-28,31,41-43,48H,3-10,13-14,16-17,20-21,23,25-26,29-30,32-40,47H2,1-2H3,(H,51,52)(H,53,54)/b12-11-,18-15-,22-19-,27-24-,31-28-/t41?,42-,43+/m1/s1. The van der Waals surface area contributed by atoms with Crippen LogP contribution in [0.15, 0.2) is 60.8 Å². The quantitative estimate of drug-likeness (QED) is 0.0197. The first kappa shape index (κ1) is 56.1. The number of unbranched alkanes of at least 4 members (excludes halogenated alkanes) is 14. The Labute approximate surface area is 356 Å². The van der Waals surface area contributed by atoms with E-state index in [1.807, 2.05) is 18.2 Å². The summed E-state index contributed by atoms with van der Waals surface area (Å²) in [5.74, 6) is -2.49. The Balaban J connectivity index is 4.47. The zero-order valence-electron chi connectivity index (χ0n) is 36.4. The van der Waals surface area contributed by atoms with Gasteiger partial charge < -0.3 is 30.3 Å². The van der Waals surface area contributed by atoms with Gasteiger partial charge in [-0.05, 0) is 77.0 Å². The predicted molar refractivity (Wildman–Crippen MR) is 237 cm³/mol. The van der Waals surface area contributed by atoms with E-state index in [4.69, 9.17) is 24.8 Å². The van der Waals surface area contributed by atoms with Gasteiger partial charge in [-0.3, -0.25) is 23.4 Å². The number of ether oxygens (including phenoxy) is 2. The molecule has 340 valence electrons. The molecule has 0 saturated carbocycles. The molecule has 0 aliphatic heterocycles. The van der Waals surface area contributed by atoms with Crippen LogP contribution in [0.5, 0.6) is 0 Å². The zero-order valence-corrected chi connectivity index (χ0v) is 37.3. The molecule has 2 unspecified atom stereocenters. The van der Waals surface area contributed by atoms with E-state index in [9.17, 15) is 28.9 Å². The van der Waals surface area contributed by atoms with Gasteiger partial charge in [-0.15, -0.1) is 0 Å². The topological polar surface area (TPSA) is 192 Å². The number of phosphoric acid groups is 1. The average Bonchev–Trinajstić information content (AvgIpc) is 3.20. The molecule has 0 aromatic carbocycles. The normalized spacial score (nSPS) is 14.8. The molecule has 59 heavy (non-hydrogen) atoms. The minimum Gasteiger partial charge on any atom is -0.480 e. The molecule has 12 nitrogen and oxygen atoms in total. The summed E-state index contributed by atoms with van der Waals surface area (Å²) in [5, 5.41) is 18.6. The maximum absolute atomic E-state index is 12.6. The summed E-state index contributed by atoms with van der Waals surface area (Å²) < 4.78 is 32.6. The second-order valence-corrected chi connectivity index (χ2v) is 16.5. The predicted octanol–water partition coefficient (Wildman–Crippen LogP) is 10.9. The SMILES string of the molecule is CCCCCCCC/C=C\CCCCCCCCCC(=O)OC[C@H](COP(=O)(O)OC[C@H](N)C(=O)O)OC(=O)CCC/C=C\C/C=C\C/C=C\C/C=C\CC(O)CCC. The molecule has 0 fully saturated rings. The zero-order chi connectivity index (χ0) is 43.7. The summed E-state index contributed by atoms with van der Waals surface area (Å²) in [6, 6.07) is -1.54. The molecule has 5 N–H and O–H groups in total. The molecular formula is C46H80NO11P. The van der Waals surface area contributed by atoms with Gasteiger partial charge in [0.1, 0.15) is 12.6 Å². The Bertz CT molecular complexity index is 1250. The molecule has 0 saturated heterocycles. The Morgan fingerprint density at radius 1 is 0.593 bits per heavy atom. The molecule has 0 heterocycles. The van der Waals surface area contributed by atoms with Crippen LogP contribution in [0.4, 0.5) is 0 Å². The molecule has 0 aromatic rings. The van der Waals surface area contributed by atoms with Gasteiger partial charge in [0.25, 0.3) is 0 Å². The highest BCUT2D eigenvalue weighted by Gasteiger charge is 2.28. The van der Waals surface area contributed by atoms with Crippen molar-refractivity contribution in [1.29, 1.82) is 0 Å². The van der Waals surface area contributed by atoms with Crippen LogP contribution in [0, 0.1) is 0 Å². The van der Waals surface area contributed by atoms with Crippen LogP contribution in [0.2, 0.25) is 0 Å². The number of carboxylic acid groups (broad SMARTS) is 1. The number of hydrogen-bond donors (Lipinski definition) is 4. The van der Waals surface area contributed by atoms with Crippen molar-refractivity contribution >= 4 is 25.7 Å². The number of nitrogens with two attached hydrogens (primary N) is 1. The lowest BCUT2D eigenvalue weighted by Gasteiger charge is -2.20. The molecule has 0 amide bonds. The van der Waals surface area contributed by atoms with Crippen molar-refractivity contribution in [3.8, 4) is 0 Å². The molecule has 4 atom stereocenters.